The molecule has 0 atom stereocenters. The van der Waals surface area contributed by atoms with Gasteiger partial charge in [-0.1, -0.05) is 54.1 Å². The van der Waals surface area contributed by atoms with Gasteiger partial charge in [-0.25, -0.2) is 9.18 Å². The molecule has 0 saturated heterocycles. The lowest BCUT2D eigenvalue weighted by Crippen LogP contribution is -2.00. The summed E-state index contributed by atoms with van der Waals surface area (Å²) in [6.07, 6.45) is 0. The molecule has 0 aliphatic carbocycles. The van der Waals surface area contributed by atoms with E-state index >= 15 is 0 Å². The summed E-state index contributed by atoms with van der Waals surface area (Å²) in [5, 5.41) is 1.09. The molecule has 0 spiro atoms. The molecule has 0 fully saturated rings. The molecule has 5 heteroatoms. The van der Waals surface area contributed by atoms with Gasteiger partial charge in [-0.15, -0.1) is 0 Å². The monoisotopic (exact) mass is 380 g/mol. The van der Waals surface area contributed by atoms with Crippen LogP contribution in [0.2, 0.25) is 5.02 Å². The summed E-state index contributed by atoms with van der Waals surface area (Å²) in [5.41, 5.74) is 2.21. The molecule has 0 bridgehead atoms. The first kappa shape index (κ1) is 17.3. The first-order valence-corrected chi connectivity index (χ1v) is 8.68. The standard InChI is InChI=1S/C22H14ClFO3/c23-19-10-18-17(15-6-2-1-3-7-15)11-22(25)27-20(18)12-21(19)26-13-14-5-4-8-16(24)9-14/h1-12H,13H2. The van der Waals surface area contributed by atoms with E-state index in [0.29, 0.717) is 27.3 Å². The van der Waals surface area contributed by atoms with Gasteiger partial charge in [-0.05, 0) is 34.9 Å². The van der Waals surface area contributed by atoms with E-state index in [0.717, 1.165) is 11.1 Å². The topological polar surface area (TPSA) is 39.4 Å². The van der Waals surface area contributed by atoms with Crippen LogP contribution in [0.4, 0.5) is 4.39 Å². The fraction of sp³-hybridized carbons (Fsp3) is 0.0455. The Bertz CT molecular complexity index is 1170. The third-order valence-corrected chi connectivity index (χ3v) is 4.46. The third-order valence-electron chi connectivity index (χ3n) is 4.17. The largest absolute Gasteiger partial charge is 0.487 e. The summed E-state index contributed by atoms with van der Waals surface area (Å²) in [6, 6.07) is 20.4. The van der Waals surface area contributed by atoms with Gasteiger partial charge in [0.2, 0.25) is 0 Å². The van der Waals surface area contributed by atoms with Crippen LogP contribution < -0.4 is 10.4 Å². The molecule has 0 amide bonds. The Morgan fingerprint density at radius 2 is 1.78 bits per heavy atom. The van der Waals surface area contributed by atoms with Gasteiger partial charge >= 0.3 is 5.63 Å². The molecule has 1 aromatic heterocycles. The number of hydrogen-bond donors (Lipinski definition) is 0. The minimum Gasteiger partial charge on any atom is -0.487 e. The molecule has 0 unspecified atom stereocenters. The van der Waals surface area contributed by atoms with Crippen molar-refractivity contribution in [3.8, 4) is 16.9 Å². The van der Waals surface area contributed by atoms with Crippen LogP contribution in [-0.2, 0) is 6.61 Å². The zero-order valence-electron chi connectivity index (χ0n) is 14.1. The van der Waals surface area contributed by atoms with Crippen molar-refractivity contribution in [2.75, 3.05) is 0 Å². The second kappa shape index (κ2) is 7.25. The van der Waals surface area contributed by atoms with Crippen molar-refractivity contribution in [2.45, 2.75) is 6.61 Å². The van der Waals surface area contributed by atoms with Crippen molar-refractivity contribution in [2.24, 2.45) is 0 Å². The van der Waals surface area contributed by atoms with Crippen LogP contribution in [0.25, 0.3) is 22.1 Å². The van der Waals surface area contributed by atoms with Gasteiger partial charge in [0.1, 0.15) is 23.8 Å². The molecular weight excluding hydrogens is 367 g/mol. The molecule has 0 aliphatic heterocycles. The number of hydrogen-bond acceptors (Lipinski definition) is 3. The lowest BCUT2D eigenvalue weighted by Gasteiger charge is -2.11. The van der Waals surface area contributed by atoms with E-state index in [-0.39, 0.29) is 12.4 Å². The molecule has 27 heavy (non-hydrogen) atoms. The van der Waals surface area contributed by atoms with Crippen LogP contribution in [0, 0.1) is 5.82 Å². The van der Waals surface area contributed by atoms with Crippen LogP contribution in [0.15, 0.2) is 82.0 Å². The SMILES string of the molecule is O=c1cc(-c2ccccc2)c2cc(Cl)c(OCc3cccc(F)c3)cc2o1. The summed E-state index contributed by atoms with van der Waals surface area (Å²) in [4.78, 5) is 12.0. The van der Waals surface area contributed by atoms with Gasteiger partial charge < -0.3 is 9.15 Å². The van der Waals surface area contributed by atoms with E-state index in [9.17, 15) is 9.18 Å². The van der Waals surface area contributed by atoms with E-state index in [1.807, 2.05) is 30.3 Å². The first-order valence-electron chi connectivity index (χ1n) is 8.30. The van der Waals surface area contributed by atoms with Gasteiger partial charge in [-0.2, -0.15) is 0 Å². The maximum atomic E-state index is 13.3. The summed E-state index contributed by atoms with van der Waals surface area (Å²) >= 11 is 6.38. The average Bonchev–Trinajstić information content (AvgIpc) is 2.67. The molecular formula is C22H14ClFO3. The normalized spacial score (nSPS) is 10.9. The van der Waals surface area contributed by atoms with Gasteiger partial charge in [0.25, 0.3) is 0 Å². The fourth-order valence-corrected chi connectivity index (χ4v) is 3.14. The second-order valence-corrected chi connectivity index (χ2v) is 6.45. The highest BCUT2D eigenvalue weighted by molar-refractivity contribution is 6.33. The Morgan fingerprint density at radius 3 is 2.56 bits per heavy atom. The highest BCUT2D eigenvalue weighted by atomic mass is 35.5. The Hall–Kier alpha value is -3.11. The predicted octanol–water partition coefficient (Wildman–Crippen LogP) is 5.83. The van der Waals surface area contributed by atoms with Crippen molar-refractivity contribution >= 4 is 22.6 Å². The molecule has 0 aliphatic rings. The molecule has 3 nitrogen and oxygen atoms in total. The molecule has 0 N–H and O–H groups in total. The van der Waals surface area contributed by atoms with Crippen LogP contribution in [-0.4, -0.2) is 0 Å². The Morgan fingerprint density at radius 1 is 0.963 bits per heavy atom. The highest BCUT2D eigenvalue weighted by Crippen LogP contribution is 2.35. The van der Waals surface area contributed by atoms with E-state index in [1.54, 1.807) is 24.3 Å². The van der Waals surface area contributed by atoms with Crippen LogP contribution in [0.5, 0.6) is 5.75 Å². The van der Waals surface area contributed by atoms with E-state index in [1.165, 1.54) is 18.2 Å². The summed E-state index contributed by atoms with van der Waals surface area (Å²) < 4.78 is 24.3. The number of rotatable bonds is 4. The third kappa shape index (κ3) is 3.71. The maximum Gasteiger partial charge on any atom is 0.336 e. The molecule has 134 valence electrons. The number of ether oxygens (including phenoxy) is 1. The minimum absolute atomic E-state index is 0.144. The van der Waals surface area contributed by atoms with Crippen molar-refractivity contribution in [1.82, 2.24) is 0 Å². The molecule has 4 aromatic rings. The smallest absolute Gasteiger partial charge is 0.336 e. The molecule has 0 saturated carbocycles. The summed E-state index contributed by atoms with van der Waals surface area (Å²) in [5.74, 6) is 0.0287. The zero-order chi connectivity index (χ0) is 18.8. The van der Waals surface area contributed by atoms with Crippen molar-refractivity contribution < 1.29 is 13.5 Å². The predicted molar refractivity (Wildman–Crippen MR) is 104 cm³/mol. The zero-order valence-corrected chi connectivity index (χ0v) is 14.9. The summed E-state index contributed by atoms with van der Waals surface area (Å²) in [7, 11) is 0. The fourth-order valence-electron chi connectivity index (χ4n) is 2.92. The molecule has 4 rings (SSSR count). The molecule has 0 radical (unpaired) electrons. The van der Waals surface area contributed by atoms with E-state index < -0.39 is 5.63 Å². The van der Waals surface area contributed by atoms with Gasteiger partial charge in [-0.3, -0.25) is 0 Å². The van der Waals surface area contributed by atoms with Gasteiger partial charge in [0.05, 0.1) is 5.02 Å². The van der Waals surface area contributed by atoms with Crippen LogP contribution in [0.3, 0.4) is 0 Å². The Kier molecular flexibility index (Phi) is 4.65. The minimum atomic E-state index is -0.459. The highest BCUT2D eigenvalue weighted by Gasteiger charge is 2.12. The van der Waals surface area contributed by atoms with Gasteiger partial charge in [0.15, 0.2) is 0 Å². The average molecular weight is 381 g/mol. The number of halogens is 2. The van der Waals surface area contributed by atoms with E-state index in [4.69, 9.17) is 20.8 Å². The Balaban J connectivity index is 1.74. The molecule has 3 aromatic carbocycles. The number of fused-ring (bicyclic) bond motifs is 1. The first-order chi connectivity index (χ1) is 13.1. The number of benzene rings is 3. The second-order valence-electron chi connectivity index (χ2n) is 6.04. The van der Waals surface area contributed by atoms with Gasteiger partial charge in [0, 0.05) is 17.5 Å². The van der Waals surface area contributed by atoms with E-state index in [2.05, 4.69) is 0 Å². The quantitative estimate of drug-likeness (QED) is 0.418. The maximum absolute atomic E-state index is 13.3. The summed E-state index contributed by atoms with van der Waals surface area (Å²) in [6.45, 7) is 0.144. The molecule has 1 heterocycles. The van der Waals surface area contributed by atoms with Crippen LogP contribution in [0.1, 0.15) is 5.56 Å². The van der Waals surface area contributed by atoms with Crippen molar-refractivity contribution in [3.05, 3.63) is 99.6 Å². The Labute approximate surface area is 159 Å². The lowest BCUT2D eigenvalue weighted by molar-refractivity contribution is 0.305. The van der Waals surface area contributed by atoms with Crippen molar-refractivity contribution in [1.29, 1.82) is 0 Å². The van der Waals surface area contributed by atoms with Crippen molar-refractivity contribution in [3.63, 3.8) is 0 Å². The van der Waals surface area contributed by atoms with Crippen LogP contribution >= 0.6 is 11.6 Å². The lowest BCUT2D eigenvalue weighted by atomic mass is 10.0.